The van der Waals surface area contributed by atoms with Crippen LogP contribution in [0.1, 0.15) is 35.9 Å². The van der Waals surface area contributed by atoms with Crippen molar-refractivity contribution in [3.05, 3.63) is 34.1 Å². The summed E-state index contributed by atoms with van der Waals surface area (Å²) in [6.07, 6.45) is 3.79. The highest BCUT2D eigenvalue weighted by molar-refractivity contribution is 5.95. The van der Waals surface area contributed by atoms with Gasteiger partial charge in [0.2, 0.25) is 0 Å². The van der Waals surface area contributed by atoms with E-state index in [0.717, 1.165) is 12.8 Å². The average molecular weight is 236 g/mol. The van der Waals surface area contributed by atoms with Crippen molar-refractivity contribution in [2.24, 2.45) is 5.11 Å². The van der Waals surface area contributed by atoms with Crippen LogP contribution < -0.4 is 5.32 Å². The van der Waals surface area contributed by atoms with Crippen LogP contribution in [0.15, 0.2) is 21.9 Å². The van der Waals surface area contributed by atoms with Crippen LogP contribution in [0.5, 0.6) is 0 Å². The van der Waals surface area contributed by atoms with E-state index in [0.29, 0.717) is 30.8 Å². The molecule has 6 heteroatoms. The van der Waals surface area contributed by atoms with Crippen molar-refractivity contribution in [3.63, 3.8) is 0 Å². The Balaban J connectivity index is 2.28. The Kier molecular flexibility index (Phi) is 5.68. The summed E-state index contributed by atoms with van der Waals surface area (Å²) in [6.45, 7) is 2.99. The molecule has 0 aliphatic heterocycles. The zero-order valence-corrected chi connectivity index (χ0v) is 9.85. The maximum Gasteiger partial charge on any atom is 0.254 e. The first-order valence-electron chi connectivity index (χ1n) is 5.65. The van der Waals surface area contributed by atoms with Crippen molar-refractivity contribution in [3.8, 4) is 0 Å². The zero-order chi connectivity index (χ0) is 12.5. The highest BCUT2D eigenvalue weighted by Gasteiger charge is 2.11. The molecule has 17 heavy (non-hydrogen) atoms. The molecule has 1 rings (SSSR count). The van der Waals surface area contributed by atoms with Crippen molar-refractivity contribution in [1.29, 1.82) is 0 Å². The van der Waals surface area contributed by atoms with Gasteiger partial charge in [0, 0.05) is 24.4 Å². The van der Waals surface area contributed by atoms with Crippen molar-refractivity contribution in [1.82, 2.24) is 5.32 Å². The smallest absolute Gasteiger partial charge is 0.254 e. The summed E-state index contributed by atoms with van der Waals surface area (Å²) < 4.78 is 5.18. The molecular weight excluding hydrogens is 220 g/mol. The van der Waals surface area contributed by atoms with Gasteiger partial charge in [-0.15, -0.1) is 0 Å². The molecule has 1 amide bonds. The number of hydrogen-bond donors (Lipinski definition) is 1. The number of rotatable bonds is 7. The third kappa shape index (κ3) is 4.20. The topological polar surface area (TPSA) is 91.0 Å². The van der Waals surface area contributed by atoms with E-state index >= 15 is 0 Å². The third-order valence-corrected chi connectivity index (χ3v) is 2.34. The van der Waals surface area contributed by atoms with Crippen LogP contribution in [0.2, 0.25) is 0 Å². The maximum atomic E-state index is 11.7. The second-order valence-corrected chi connectivity index (χ2v) is 3.53. The van der Waals surface area contributed by atoms with Crippen LogP contribution in [0.4, 0.5) is 0 Å². The molecule has 1 aromatic rings. The van der Waals surface area contributed by atoms with Crippen molar-refractivity contribution >= 4 is 5.91 Å². The number of nitrogens with one attached hydrogen (secondary N) is 1. The summed E-state index contributed by atoms with van der Waals surface area (Å²) in [5.74, 6) is 0.593. The van der Waals surface area contributed by atoms with E-state index < -0.39 is 0 Å². The fraction of sp³-hybridized carbons (Fsp3) is 0.545. The largest absolute Gasteiger partial charge is 0.469 e. The van der Waals surface area contributed by atoms with Crippen LogP contribution in [0.25, 0.3) is 10.4 Å². The second-order valence-electron chi connectivity index (χ2n) is 3.53. The van der Waals surface area contributed by atoms with Gasteiger partial charge in [-0.3, -0.25) is 4.79 Å². The first-order valence-corrected chi connectivity index (χ1v) is 5.65. The number of aryl methyl sites for hydroxylation is 1. The average Bonchev–Trinajstić information content (AvgIpc) is 2.81. The van der Waals surface area contributed by atoms with Crippen LogP contribution in [-0.4, -0.2) is 19.0 Å². The number of unbranched alkanes of at least 4 members (excludes halogenated alkanes) is 1. The van der Waals surface area contributed by atoms with E-state index in [4.69, 9.17) is 9.95 Å². The van der Waals surface area contributed by atoms with Gasteiger partial charge in [0.15, 0.2) is 0 Å². The monoisotopic (exact) mass is 236 g/mol. The van der Waals surface area contributed by atoms with Gasteiger partial charge < -0.3 is 9.73 Å². The van der Waals surface area contributed by atoms with Gasteiger partial charge in [0.05, 0.1) is 11.8 Å². The lowest BCUT2D eigenvalue weighted by molar-refractivity contribution is 0.0951. The van der Waals surface area contributed by atoms with Crippen molar-refractivity contribution < 1.29 is 9.21 Å². The maximum absolute atomic E-state index is 11.7. The van der Waals surface area contributed by atoms with Crippen LogP contribution in [0, 0.1) is 0 Å². The molecule has 1 N–H and O–H groups in total. The number of carbonyl (C=O) groups excluding carboxylic acids is 1. The number of amides is 1. The minimum Gasteiger partial charge on any atom is -0.469 e. The zero-order valence-electron chi connectivity index (χ0n) is 9.85. The molecule has 0 radical (unpaired) electrons. The van der Waals surface area contributed by atoms with Gasteiger partial charge in [-0.2, -0.15) is 0 Å². The molecule has 1 aromatic heterocycles. The summed E-state index contributed by atoms with van der Waals surface area (Å²) in [7, 11) is 0. The first kappa shape index (κ1) is 13.1. The molecule has 1 heterocycles. The summed E-state index contributed by atoms with van der Waals surface area (Å²) in [4.78, 5) is 14.4. The molecule has 0 unspecified atom stereocenters. The van der Waals surface area contributed by atoms with E-state index in [1.54, 1.807) is 6.07 Å². The number of furan rings is 1. The van der Waals surface area contributed by atoms with Gasteiger partial charge in [0.1, 0.15) is 5.76 Å². The molecule has 6 nitrogen and oxygen atoms in total. The first-order chi connectivity index (χ1) is 8.29. The minimum atomic E-state index is -0.112. The standard InChI is InChI=1S/C11H16N4O2/c1-2-10-9(5-8-17-10)11(16)13-6-3-4-7-14-15-12/h5,8H,2-4,6-7H2,1H3,(H,13,16). The molecule has 0 fully saturated rings. The molecule has 0 aliphatic rings. The quantitative estimate of drug-likeness (QED) is 0.341. The molecule has 0 aromatic carbocycles. The molecule has 0 saturated carbocycles. The molecule has 0 saturated heterocycles. The fourth-order valence-electron chi connectivity index (χ4n) is 1.47. The van der Waals surface area contributed by atoms with Crippen molar-refractivity contribution in [2.75, 3.05) is 13.1 Å². The summed E-state index contributed by atoms with van der Waals surface area (Å²) in [5.41, 5.74) is 8.67. The fourth-order valence-corrected chi connectivity index (χ4v) is 1.47. The van der Waals surface area contributed by atoms with Gasteiger partial charge in [0.25, 0.3) is 5.91 Å². The molecule has 92 valence electrons. The number of hydrogen-bond acceptors (Lipinski definition) is 3. The second kappa shape index (κ2) is 7.35. The summed E-state index contributed by atoms with van der Waals surface area (Å²) in [6, 6.07) is 1.67. The lowest BCUT2D eigenvalue weighted by Gasteiger charge is -2.03. The Morgan fingerprint density at radius 3 is 3.12 bits per heavy atom. The van der Waals surface area contributed by atoms with E-state index in [-0.39, 0.29) is 5.91 Å². The molecular formula is C11H16N4O2. The Bertz CT molecular complexity index is 407. The highest BCUT2D eigenvalue weighted by Crippen LogP contribution is 2.10. The Morgan fingerprint density at radius 2 is 2.41 bits per heavy atom. The Labute approximate surface area is 99.6 Å². The molecule has 0 aliphatic carbocycles. The van der Waals surface area contributed by atoms with Crippen LogP contribution >= 0.6 is 0 Å². The Morgan fingerprint density at radius 1 is 1.59 bits per heavy atom. The molecule has 0 atom stereocenters. The van der Waals surface area contributed by atoms with Crippen LogP contribution in [-0.2, 0) is 6.42 Å². The van der Waals surface area contributed by atoms with E-state index in [1.165, 1.54) is 6.26 Å². The van der Waals surface area contributed by atoms with Crippen molar-refractivity contribution in [2.45, 2.75) is 26.2 Å². The molecule has 0 bridgehead atoms. The van der Waals surface area contributed by atoms with Gasteiger partial charge in [-0.25, -0.2) is 0 Å². The van der Waals surface area contributed by atoms with E-state index in [1.807, 2.05) is 6.92 Å². The van der Waals surface area contributed by atoms with Gasteiger partial charge >= 0.3 is 0 Å². The summed E-state index contributed by atoms with van der Waals surface area (Å²) >= 11 is 0. The highest BCUT2D eigenvalue weighted by atomic mass is 16.3. The van der Waals surface area contributed by atoms with Gasteiger partial charge in [-0.05, 0) is 24.4 Å². The minimum absolute atomic E-state index is 0.112. The third-order valence-electron chi connectivity index (χ3n) is 2.34. The lowest BCUT2D eigenvalue weighted by atomic mass is 10.2. The van der Waals surface area contributed by atoms with Gasteiger partial charge in [-0.1, -0.05) is 12.0 Å². The normalized spacial score (nSPS) is 9.71. The Hall–Kier alpha value is -1.94. The predicted molar refractivity (Wildman–Crippen MR) is 63.7 cm³/mol. The number of nitrogens with zero attached hydrogens (tertiary/aromatic N) is 3. The lowest BCUT2D eigenvalue weighted by Crippen LogP contribution is -2.24. The molecule has 0 spiro atoms. The van der Waals surface area contributed by atoms with E-state index in [2.05, 4.69) is 15.3 Å². The van der Waals surface area contributed by atoms with E-state index in [9.17, 15) is 4.79 Å². The summed E-state index contributed by atoms with van der Waals surface area (Å²) in [5, 5.41) is 6.22. The predicted octanol–water partition coefficient (Wildman–Crippen LogP) is 2.66. The SMILES string of the molecule is CCc1occc1C(=O)NCCCCN=[N+]=[N-]. The number of azide groups is 1. The number of carbonyl (C=O) groups is 1. The van der Waals surface area contributed by atoms with Crippen LogP contribution in [0.3, 0.4) is 0 Å².